The van der Waals surface area contributed by atoms with Crippen molar-refractivity contribution < 1.29 is 4.79 Å². The van der Waals surface area contributed by atoms with Gasteiger partial charge in [0, 0.05) is 12.7 Å². The molecule has 92 valence electrons. The van der Waals surface area contributed by atoms with Crippen molar-refractivity contribution in [1.82, 2.24) is 4.90 Å². The van der Waals surface area contributed by atoms with Gasteiger partial charge in [0.05, 0.1) is 6.54 Å². The Hall–Kier alpha value is -2.04. The van der Waals surface area contributed by atoms with Gasteiger partial charge in [-0.3, -0.25) is 10.2 Å². The second-order valence-corrected chi connectivity index (χ2v) is 4.06. The first-order valence-electron chi connectivity index (χ1n) is 5.33. The van der Waals surface area contributed by atoms with Crippen LogP contribution >= 0.6 is 0 Å². The molecule has 0 atom stereocenters. The molecule has 5 heteroatoms. The largest absolute Gasteiger partial charge is 0.370 e. The Labute approximate surface area is 101 Å². The highest BCUT2D eigenvalue weighted by Gasteiger charge is 2.10. The number of guanidine groups is 1. The maximum Gasteiger partial charge on any atom is 0.244 e. The smallest absolute Gasteiger partial charge is 0.244 e. The number of hydrogen-bond donors (Lipinski definition) is 3. The summed E-state index contributed by atoms with van der Waals surface area (Å²) in [5.74, 6) is -0.304. The molecule has 0 saturated heterocycles. The van der Waals surface area contributed by atoms with Gasteiger partial charge >= 0.3 is 0 Å². The molecule has 0 spiro atoms. The van der Waals surface area contributed by atoms with Crippen molar-refractivity contribution >= 4 is 17.6 Å². The van der Waals surface area contributed by atoms with Crippen LogP contribution in [-0.2, 0) is 4.79 Å². The Kier molecular flexibility index (Phi) is 4.09. The minimum absolute atomic E-state index is 0.0725. The molecule has 1 aromatic carbocycles. The SMILES string of the molecule is Cc1cccc(C)c1NC(=O)CN(C)C(=N)N. The number of carbonyl (C=O) groups is 1. The van der Waals surface area contributed by atoms with Crippen LogP contribution in [-0.4, -0.2) is 30.4 Å². The number of amides is 1. The number of likely N-dealkylation sites (N-methyl/N-ethyl adjacent to an activating group) is 1. The summed E-state index contributed by atoms with van der Waals surface area (Å²) in [6.07, 6.45) is 0. The molecule has 0 aliphatic carbocycles. The van der Waals surface area contributed by atoms with Gasteiger partial charge in [-0.2, -0.15) is 0 Å². The molecule has 1 aromatic rings. The summed E-state index contributed by atoms with van der Waals surface area (Å²) in [6, 6.07) is 5.83. The lowest BCUT2D eigenvalue weighted by atomic mass is 10.1. The first-order chi connectivity index (χ1) is 7.91. The third kappa shape index (κ3) is 3.48. The zero-order chi connectivity index (χ0) is 13.0. The monoisotopic (exact) mass is 234 g/mol. The fourth-order valence-electron chi connectivity index (χ4n) is 1.49. The van der Waals surface area contributed by atoms with Gasteiger partial charge in [0.2, 0.25) is 5.91 Å². The van der Waals surface area contributed by atoms with Crippen LogP contribution in [0.2, 0.25) is 0 Å². The van der Waals surface area contributed by atoms with Gasteiger partial charge in [0.1, 0.15) is 0 Å². The maximum atomic E-state index is 11.7. The lowest BCUT2D eigenvalue weighted by molar-refractivity contribution is -0.116. The second-order valence-electron chi connectivity index (χ2n) is 4.06. The third-order valence-corrected chi connectivity index (χ3v) is 2.54. The number of nitrogens with zero attached hydrogens (tertiary/aromatic N) is 1. The molecule has 4 N–H and O–H groups in total. The van der Waals surface area contributed by atoms with E-state index < -0.39 is 0 Å². The normalized spacial score (nSPS) is 9.82. The van der Waals surface area contributed by atoms with Gasteiger partial charge in [-0.15, -0.1) is 0 Å². The summed E-state index contributed by atoms with van der Waals surface area (Å²) in [6.45, 7) is 3.96. The second kappa shape index (κ2) is 5.34. The highest BCUT2D eigenvalue weighted by atomic mass is 16.2. The molecule has 1 rings (SSSR count). The van der Waals surface area contributed by atoms with Crippen molar-refractivity contribution in [3.05, 3.63) is 29.3 Å². The number of rotatable bonds is 3. The maximum absolute atomic E-state index is 11.7. The van der Waals surface area contributed by atoms with Crippen LogP contribution < -0.4 is 11.1 Å². The zero-order valence-corrected chi connectivity index (χ0v) is 10.4. The van der Waals surface area contributed by atoms with E-state index in [4.69, 9.17) is 11.1 Å². The summed E-state index contributed by atoms with van der Waals surface area (Å²) < 4.78 is 0. The number of nitrogens with one attached hydrogen (secondary N) is 2. The van der Waals surface area contributed by atoms with Crippen molar-refractivity contribution in [3.8, 4) is 0 Å². The molecule has 0 aliphatic rings. The summed E-state index contributed by atoms with van der Waals surface area (Å²) in [5, 5.41) is 10.0. The van der Waals surface area contributed by atoms with Crippen molar-refractivity contribution in [2.45, 2.75) is 13.8 Å². The predicted octanol–water partition coefficient (Wildman–Crippen LogP) is 1.07. The minimum Gasteiger partial charge on any atom is -0.370 e. The van der Waals surface area contributed by atoms with Crippen molar-refractivity contribution in [3.63, 3.8) is 0 Å². The van der Waals surface area contributed by atoms with E-state index in [9.17, 15) is 4.79 Å². The summed E-state index contributed by atoms with van der Waals surface area (Å²) in [7, 11) is 1.60. The number of anilines is 1. The van der Waals surface area contributed by atoms with E-state index in [0.717, 1.165) is 16.8 Å². The topological polar surface area (TPSA) is 82.2 Å². The van der Waals surface area contributed by atoms with Crippen LogP contribution in [0.25, 0.3) is 0 Å². The molecule has 0 aromatic heterocycles. The molecule has 0 heterocycles. The first-order valence-corrected chi connectivity index (χ1v) is 5.33. The van der Waals surface area contributed by atoms with Crippen LogP contribution in [0.3, 0.4) is 0 Å². The van der Waals surface area contributed by atoms with E-state index in [1.54, 1.807) is 7.05 Å². The van der Waals surface area contributed by atoms with Crippen LogP contribution in [0.1, 0.15) is 11.1 Å². The van der Waals surface area contributed by atoms with Crippen LogP contribution in [0, 0.1) is 19.3 Å². The predicted molar refractivity (Wildman–Crippen MR) is 69.1 cm³/mol. The van der Waals surface area contributed by atoms with Gasteiger partial charge in [-0.25, -0.2) is 0 Å². The summed E-state index contributed by atoms with van der Waals surface area (Å²) in [4.78, 5) is 13.1. The van der Waals surface area contributed by atoms with Gasteiger partial charge < -0.3 is 16.0 Å². The lowest BCUT2D eigenvalue weighted by Gasteiger charge is -2.17. The Morgan fingerprint density at radius 3 is 2.41 bits per heavy atom. The molecule has 0 aliphatic heterocycles. The quantitative estimate of drug-likeness (QED) is 0.540. The number of hydrogen-bond acceptors (Lipinski definition) is 2. The van der Waals surface area contributed by atoms with Gasteiger partial charge in [0.15, 0.2) is 5.96 Å². The van der Waals surface area contributed by atoms with Gasteiger partial charge in [-0.05, 0) is 25.0 Å². The average molecular weight is 234 g/mol. The molecule has 0 radical (unpaired) electrons. The van der Waals surface area contributed by atoms with Gasteiger partial charge in [0.25, 0.3) is 0 Å². The molecule has 17 heavy (non-hydrogen) atoms. The number of para-hydroxylation sites is 1. The summed E-state index contributed by atoms with van der Waals surface area (Å²) in [5.41, 5.74) is 8.13. The van der Waals surface area contributed by atoms with Crippen molar-refractivity contribution in [2.75, 3.05) is 18.9 Å². The molecule has 1 amide bonds. The fraction of sp³-hybridized carbons (Fsp3) is 0.333. The van der Waals surface area contributed by atoms with Crippen molar-refractivity contribution in [2.24, 2.45) is 5.73 Å². The zero-order valence-electron chi connectivity index (χ0n) is 10.4. The van der Waals surface area contributed by atoms with E-state index in [1.807, 2.05) is 32.0 Å². The van der Waals surface area contributed by atoms with E-state index in [-0.39, 0.29) is 18.4 Å². The first kappa shape index (κ1) is 13.0. The Morgan fingerprint density at radius 2 is 1.94 bits per heavy atom. The van der Waals surface area contributed by atoms with Crippen LogP contribution in [0.15, 0.2) is 18.2 Å². The van der Waals surface area contributed by atoms with Crippen LogP contribution in [0.5, 0.6) is 0 Å². The molecular weight excluding hydrogens is 216 g/mol. The molecular formula is C12H18N4O. The lowest BCUT2D eigenvalue weighted by Crippen LogP contribution is -2.38. The Bertz CT molecular complexity index is 422. The standard InChI is InChI=1S/C12H18N4O/c1-8-5-4-6-9(2)11(8)15-10(17)7-16(3)12(13)14/h4-6H,7H2,1-3H3,(H3,13,14)(H,15,17). The number of nitrogens with two attached hydrogens (primary N) is 1. The third-order valence-electron chi connectivity index (χ3n) is 2.54. The number of carbonyl (C=O) groups excluding carboxylic acids is 1. The Balaban J connectivity index is 2.72. The average Bonchev–Trinajstić information content (AvgIpc) is 2.23. The molecule has 0 bridgehead atoms. The highest BCUT2D eigenvalue weighted by Crippen LogP contribution is 2.19. The van der Waals surface area contributed by atoms with E-state index >= 15 is 0 Å². The summed E-state index contributed by atoms with van der Waals surface area (Å²) >= 11 is 0. The van der Waals surface area contributed by atoms with E-state index in [0.29, 0.717) is 0 Å². The Morgan fingerprint density at radius 1 is 1.41 bits per heavy atom. The number of aryl methyl sites for hydroxylation is 2. The van der Waals surface area contributed by atoms with Crippen molar-refractivity contribution in [1.29, 1.82) is 5.41 Å². The van der Waals surface area contributed by atoms with Gasteiger partial charge in [-0.1, -0.05) is 18.2 Å². The minimum atomic E-state index is -0.180. The van der Waals surface area contributed by atoms with Crippen LogP contribution in [0.4, 0.5) is 5.69 Å². The highest BCUT2D eigenvalue weighted by molar-refractivity contribution is 5.95. The fourth-order valence-corrected chi connectivity index (χ4v) is 1.49. The molecule has 0 unspecified atom stereocenters. The number of benzene rings is 1. The van der Waals surface area contributed by atoms with E-state index in [1.165, 1.54) is 4.90 Å². The molecule has 5 nitrogen and oxygen atoms in total. The van der Waals surface area contributed by atoms with E-state index in [2.05, 4.69) is 5.32 Å². The molecule has 0 saturated carbocycles. The molecule has 0 fully saturated rings.